The van der Waals surface area contributed by atoms with E-state index in [1.54, 1.807) is 12.6 Å². The first-order valence-corrected chi connectivity index (χ1v) is 4.48. The van der Waals surface area contributed by atoms with Gasteiger partial charge in [-0.2, -0.15) is 0 Å². The van der Waals surface area contributed by atoms with Gasteiger partial charge in [0, 0.05) is 13.6 Å². The molecule has 5 nitrogen and oxygen atoms in total. The SMILES string of the molecule is CCNC(=NC)Nc1nncs1.I. The highest BCUT2D eigenvalue weighted by Gasteiger charge is 1.98. The number of rotatable bonds is 2. The largest absolute Gasteiger partial charge is 0.356 e. The summed E-state index contributed by atoms with van der Waals surface area (Å²) in [5.74, 6) is 0.717. The molecule has 13 heavy (non-hydrogen) atoms. The number of guanidine groups is 1. The van der Waals surface area contributed by atoms with E-state index in [0.717, 1.165) is 11.7 Å². The van der Waals surface area contributed by atoms with Gasteiger partial charge in [0.05, 0.1) is 0 Å². The molecule has 0 bridgehead atoms. The monoisotopic (exact) mass is 313 g/mol. The molecule has 0 spiro atoms. The van der Waals surface area contributed by atoms with Gasteiger partial charge in [0.1, 0.15) is 5.51 Å². The summed E-state index contributed by atoms with van der Waals surface area (Å²) >= 11 is 1.44. The van der Waals surface area contributed by atoms with Gasteiger partial charge in [-0.05, 0) is 6.92 Å². The minimum absolute atomic E-state index is 0. The van der Waals surface area contributed by atoms with Crippen molar-refractivity contribution in [1.29, 1.82) is 0 Å². The second-order valence-corrected chi connectivity index (χ2v) is 2.80. The second-order valence-electron chi connectivity index (χ2n) is 1.97. The first-order chi connectivity index (χ1) is 5.86. The van der Waals surface area contributed by atoms with E-state index in [-0.39, 0.29) is 24.0 Å². The summed E-state index contributed by atoms with van der Waals surface area (Å²) in [6.45, 7) is 2.84. The van der Waals surface area contributed by atoms with Crippen molar-refractivity contribution in [2.24, 2.45) is 4.99 Å². The van der Waals surface area contributed by atoms with Gasteiger partial charge >= 0.3 is 0 Å². The minimum Gasteiger partial charge on any atom is -0.356 e. The molecule has 0 saturated carbocycles. The number of halogens is 1. The summed E-state index contributed by atoms with van der Waals surface area (Å²) in [5.41, 5.74) is 1.67. The highest BCUT2D eigenvalue weighted by atomic mass is 127. The highest BCUT2D eigenvalue weighted by molar-refractivity contribution is 14.0. The maximum absolute atomic E-state index is 3.99. The summed E-state index contributed by atoms with van der Waals surface area (Å²) in [7, 11) is 1.71. The van der Waals surface area contributed by atoms with Crippen LogP contribution in [-0.2, 0) is 0 Å². The third-order valence-electron chi connectivity index (χ3n) is 1.15. The molecule has 7 heteroatoms. The van der Waals surface area contributed by atoms with Gasteiger partial charge in [-0.3, -0.25) is 4.99 Å². The lowest BCUT2D eigenvalue weighted by molar-refractivity contribution is 0.955. The molecule has 1 heterocycles. The van der Waals surface area contributed by atoms with E-state index in [2.05, 4.69) is 25.8 Å². The predicted octanol–water partition coefficient (Wildman–Crippen LogP) is 1.16. The fourth-order valence-electron chi connectivity index (χ4n) is 0.675. The summed E-state index contributed by atoms with van der Waals surface area (Å²) in [6, 6.07) is 0. The van der Waals surface area contributed by atoms with Crippen molar-refractivity contribution in [2.75, 3.05) is 18.9 Å². The van der Waals surface area contributed by atoms with Crippen molar-refractivity contribution in [3.63, 3.8) is 0 Å². The Balaban J connectivity index is 0.00000144. The van der Waals surface area contributed by atoms with E-state index >= 15 is 0 Å². The Labute approximate surface area is 98.1 Å². The molecule has 1 aromatic rings. The standard InChI is InChI=1S/C6H11N5S.HI/c1-3-8-5(7-2)10-6-11-9-4-12-6;/h4H,3H2,1-2H3,(H2,7,8,10,11);1H. The second kappa shape index (κ2) is 7.01. The van der Waals surface area contributed by atoms with Crippen LogP contribution in [0.3, 0.4) is 0 Å². The Morgan fingerprint density at radius 2 is 2.46 bits per heavy atom. The van der Waals surface area contributed by atoms with Crippen LogP contribution in [0.1, 0.15) is 6.92 Å². The van der Waals surface area contributed by atoms with Crippen LogP contribution in [0.25, 0.3) is 0 Å². The van der Waals surface area contributed by atoms with E-state index in [1.807, 2.05) is 6.92 Å². The zero-order valence-electron chi connectivity index (χ0n) is 7.44. The Morgan fingerprint density at radius 3 is 2.92 bits per heavy atom. The number of nitrogens with one attached hydrogen (secondary N) is 2. The van der Waals surface area contributed by atoms with Crippen molar-refractivity contribution in [2.45, 2.75) is 6.92 Å². The predicted molar refractivity (Wildman–Crippen MR) is 66.0 cm³/mol. The summed E-state index contributed by atoms with van der Waals surface area (Å²) < 4.78 is 0. The Bertz CT molecular complexity index is 248. The number of aromatic nitrogens is 2. The summed E-state index contributed by atoms with van der Waals surface area (Å²) in [6.07, 6.45) is 0. The number of hydrogen-bond acceptors (Lipinski definition) is 4. The number of nitrogens with zero attached hydrogens (tertiary/aromatic N) is 3. The number of anilines is 1. The quantitative estimate of drug-likeness (QED) is 0.489. The first kappa shape index (κ1) is 12.6. The maximum Gasteiger partial charge on any atom is 0.212 e. The maximum atomic E-state index is 3.99. The Morgan fingerprint density at radius 1 is 1.69 bits per heavy atom. The molecule has 0 aliphatic heterocycles. The smallest absolute Gasteiger partial charge is 0.212 e. The van der Waals surface area contributed by atoms with Crippen LogP contribution in [0.5, 0.6) is 0 Å². The Hall–Kier alpha value is -0.440. The third kappa shape index (κ3) is 4.36. The molecule has 74 valence electrons. The van der Waals surface area contributed by atoms with Crippen LogP contribution in [0, 0.1) is 0 Å². The molecular formula is C6H12IN5S. The first-order valence-electron chi connectivity index (χ1n) is 3.60. The van der Waals surface area contributed by atoms with E-state index in [0.29, 0.717) is 5.96 Å². The highest BCUT2D eigenvalue weighted by Crippen LogP contribution is 2.06. The zero-order valence-corrected chi connectivity index (χ0v) is 10.6. The molecule has 0 unspecified atom stereocenters. The average molecular weight is 313 g/mol. The van der Waals surface area contributed by atoms with Crippen molar-refractivity contribution in [1.82, 2.24) is 15.5 Å². The topological polar surface area (TPSA) is 62.2 Å². The van der Waals surface area contributed by atoms with Gasteiger partial charge in [0.15, 0.2) is 5.96 Å². The van der Waals surface area contributed by atoms with E-state index < -0.39 is 0 Å². The van der Waals surface area contributed by atoms with Gasteiger partial charge in [0.25, 0.3) is 0 Å². The molecule has 0 aliphatic rings. The van der Waals surface area contributed by atoms with Crippen molar-refractivity contribution in [3.05, 3.63) is 5.51 Å². The molecule has 0 atom stereocenters. The van der Waals surface area contributed by atoms with Crippen LogP contribution in [0.2, 0.25) is 0 Å². The normalized spacial score (nSPS) is 10.5. The van der Waals surface area contributed by atoms with Crippen LogP contribution in [-0.4, -0.2) is 29.7 Å². The molecule has 2 N–H and O–H groups in total. The molecule has 0 saturated heterocycles. The van der Waals surface area contributed by atoms with Crippen molar-refractivity contribution >= 4 is 46.4 Å². The molecule has 0 aromatic carbocycles. The molecular weight excluding hydrogens is 301 g/mol. The molecule has 0 radical (unpaired) electrons. The molecule has 0 aliphatic carbocycles. The number of hydrogen-bond donors (Lipinski definition) is 2. The van der Waals surface area contributed by atoms with Gasteiger partial charge in [0.2, 0.25) is 5.13 Å². The molecule has 1 rings (SSSR count). The van der Waals surface area contributed by atoms with Crippen LogP contribution in [0.15, 0.2) is 10.5 Å². The molecule has 0 fully saturated rings. The summed E-state index contributed by atoms with van der Waals surface area (Å²) in [4.78, 5) is 3.99. The van der Waals surface area contributed by atoms with E-state index in [9.17, 15) is 0 Å². The van der Waals surface area contributed by atoms with Crippen molar-refractivity contribution in [3.8, 4) is 0 Å². The van der Waals surface area contributed by atoms with Crippen LogP contribution < -0.4 is 10.6 Å². The Kier molecular flexibility index (Phi) is 6.77. The van der Waals surface area contributed by atoms with E-state index in [4.69, 9.17) is 0 Å². The molecule has 0 amide bonds. The van der Waals surface area contributed by atoms with Gasteiger partial charge in [-0.25, -0.2) is 0 Å². The lowest BCUT2D eigenvalue weighted by atomic mass is 10.7. The lowest BCUT2D eigenvalue weighted by Gasteiger charge is -2.05. The zero-order chi connectivity index (χ0) is 8.81. The molecule has 1 aromatic heterocycles. The minimum atomic E-state index is 0. The van der Waals surface area contributed by atoms with Crippen LogP contribution >= 0.6 is 35.3 Å². The van der Waals surface area contributed by atoms with Gasteiger partial charge in [-0.15, -0.1) is 34.2 Å². The number of aliphatic imine (C=N–C) groups is 1. The average Bonchev–Trinajstić information content (AvgIpc) is 2.56. The van der Waals surface area contributed by atoms with Gasteiger partial charge < -0.3 is 10.6 Å². The lowest BCUT2D eigenvalue weighted by Crippen LogP contribution is -2.30. The van der Waals surface area contributed by atoms with Crippen LogP contribution in [0.4, 0.5) is 5.13 Å². The third-order valence-corrected chi connectivity index (χ3v) is 1.76. The van der Waals surface area contributed by atoms with Gasteiger partial charge in [-0.1, -0.05) is 11.3 Å². The fourth-order valence-corrected chi connectivity index (χ4v) is 1.12. The van der Waals surface area contributed by atoms with Crippen molar-refractivity contribution < 1.29 is 0 Å². The summed E-state index contributed by atoms with van der Waals surface area (Å²) in [5, 5.41) is 14.3. The fraction of sp³-hybridized carbons (Fsp3) is 0.500. The van der Waals surface area contributed by atoms with E-state index in [1.165, 1.54) is 11.3 Å².